The van der Waals surface area contributed by atoms with E-state index < -0.39 is 11.7 Å². The van der Waals surface area contributed by atoms with Gasteiger partial charge in [0, 0.05) is 5.56 Å². The Kier molecular flexibility index (Phi) is 5.86. The maximum atomic E-state index is 12.9. The fourth-order valence-corrected chi connectivity index (χ4v) is 3.58. The van der Waals surface area contributed by atoms with Crippen molar-refractivity contribution in [3.63, 3.8) is 0 Å². The first-order valence-corrected chi connectivity index (χ1v) is 10.3. The number of fused-ring (bicyclic) bond motifs is 1. The van der Waals surface area contributed by atoms with Crippen molar-refractivity contribution >= 4 is 10.9 Å². The number of aliphatic hydroxyl groups excluding tert-OH is 1. The molecule has 7 heteroatoms. The molecule has 0 spiro atoms. The molecule has 0 aliphatic rings. The Morgan fingerprint density at radius 1 is 1.10 bits per heavy atom. The Bertz CT molecular complexity index is 1240. The van der Waals surface area contributed by atoms with Crippen LogP contribution in [0.1, 0.15) is 31.1 Å². The monoisotopic (exact) mass is 419 g/mol. The summed E-state index contributed by atoms with van der Waals surface area (Å²) in [5.41, 5.74) is 2.28. The lowest BCUT2D eigenvalue weighted by Gasteiger charge is -2.17. The Morgan fingerprint density at radius 3 is 2.55 bits per heavy atom. The number of aryl methyl sites for hydroxylation is 1. The van der Waals surface area contributed by atoms with Crippen molar-refractivity contribution in [2.75, 3.05) is 6.61 Å². The van der Waals surface area contributed by atoms with Gasteiger partial charge < -0.3 is 14.4 Å². The molecule has 0 bridgehead atoms. The second-order valence-corrected chi connectivity index (χ2v) is 7.82. The molecule has 1 atom stereocenters. The standard InChI is InChI=1S/C24H25N3O4/c1-15(2)19-11-7-8-12-20(19)30-14-18(28)13-27-24(29)23-21(16(3)31-26-23)22(25-27)17-9-5-4-6-10-17/h4-12,15,18,28H,13-14H2,1-3H3. The van der Waals surface area contributed by atoms with Gasteiger partial charge in [-0.1, -0.05) is 67.5 Å². The number of para-hydroxylation sites is 1. The van der Waals surface area contributed by atoms with Crippen molar-refractivity contribution in [1.82, 2.24) is 14.9 Å². The van der Waals surface area contributed by atoms with E-state index in [4.69, 9.17) is 9.26 Å². The van der Waals surface area contributed by atoms with Crippen molar-refractivity contribution in [2.24, 2.45) is 0 Å². The summed E-state index contributed by atoms with van der Waals surface area (Å²) in [6, 6.07) is 17.3. The van der Waals surface area contributed by atoms with Gasteiger partial charge in [0.05, 0.1) is 11.9 Å². The summed E-state index contributed by atoms with van der Waals surface area (Å²) >= 11 is 0. The summed E-state index contributed by atoms with van der Waals surface area (Å²) in [6.07, 6.45) is -0.931. The summed E-state index contributed by atoms with van der Waals surface area (Å²) in [6.45, 7) is 5.94. The van der Waals surface area contributed by atoms with Crippen LogP contribution in [0.25, 0.3) is 22.2 Å². The molecule has 2 aromatic carbocycles. The fourth-order valence-electron chi connectivity index (χ4n) is 3.58. The van der Waals surface area contributed by atoms with Crippen LogP contribution in [0.15, 0.2) is 63.9 Å². The zero-order valence-corrected chi connectivity index (χ0v) is 17.8. The molecule has 4 rings (SSSR count). The van der Waals surface area contributed by atoms with E-state index in [0.29, 0.717) is 22.8 Å². The molecule has 4 aromatic rings. The molecule has 7 nitrogen and oxygen atoms in total. The summed E-state index contributed by atoms with van der Waals surface area (Å²) in [7, 11) is 0. The highest BCUT2D eigenvalue weighted by molar-refractivity contribution is 5.92. The van der Waals surface area contributed by atoms with E-state index in [2.05, 4.69) is 24.1 Å². The second-order valence-electron chi connectivity index (χ2n) is 7.82. The van der Waals surface area contributed by atoms with Crippen LogP contribution in [0.5, 0.6) is 5.75 Å². The van der Waals surface area contributed by atoms with E-state index in [0.717, 1.165) is 16.9 Å². The molecule has 160 valence electrons. The average Bonchev–Trinajstić information content (AvgIpc) is 3.17. The maximum Gasteiger partial charge on any atom is 0.296 e. The lowest BCUT2D eigenvalue weighted by molar-refractivity contribution is 0.0876. The molecule has 0 radical (unpaired) electrons. The lowest BCUT2D eigenvalue weighted by Crippen LogP contribution is -2.32. The zero-order valence-electron chi connectivity index (χ0n) is 17.8. The molecule has 1 unspecified atom stereocenters. The molecule has 0 amide bonds. The number of nitrogens with zero attached hydrogens (tertiary/aromatic N) is 3. The van der Waals surface area contributed by atoms with Crippen molar-refractivity contribution in [3.8, 4) is 17.0 Å². The van der Waals surface area contributed by atoms with E-state index >= 15 is 0 Å². The third-order valence-electron chi connectivity index (χ3n) is 5.16. The van der Waals surface area contributed by atoms with Crippen LogP contribution < -0.4 is 10.3 Å². The molecular weight excluding hydrogens is 394 g/mol. The van der Waals surface area contributed by atoms with Crippen LogP contribution >= 0.6 is 0 Å². The number of aromatic nitrogens is 3. The molecule has 31 heavy (non-hydrogen) atoms. The van der Waals surface area contributed by atoms with Crippen molar-refractivity contribution in [2.45, 2.75) is 39.3 Å². The van der Waals surface area contributed by atoms with Gasteiger partial charge >= 0.3 is 0 Å². The van der Waals surface area contributed by atoms with Crippen LogP contribution in [0.4, 0.5) is 0 Å². The summed E-state index contributed by atoms with van der Waals surface area (Å²) < 4.78 is 12.4. The van der Waals surface area contributed by atoms with Crippen LogP contribution in [0.3, 0.4) is 0 Å². The van der Waals surface area contributed by atoms with E-state index in [9.17, 15) is 9.90 Å². The van der Waals surface area contributed by atoms with Crippen LogP contribution in [-0.2, 0) is 6.54 Å². The Balaban J connectivity index is 1.62. The molecule has 0 aliphatic carbocycles. The van der Waals surface area contributed by atoms with Gasteiger partial charge in [0.1, 0.15) is 29.9 Å². The first-order chi connectivity index (χ1) is 15.0. The van der Waals surface area contributed by atoms with E-state index in [1.807, 2.05) is 54.6 Å². The molecule has 1 N–H and O–H groups in total. The number of hydrogen-bond donors (Lipinski definition) is 1. The minimum absolute atomic E-state index is 0.0235. The highest BCUT2D eigenvalue weighted by Gasteiger charge is 2.20. The average molecular weight is 419 g/mol. The van der Waals surface area contributed by atoms with Gasteiger partial charge in [-0.2, -0.15) is 5.10 Å². The molecule has 2 heterocycles. The molecule has 0 saturated carbocycles. The predicted molar refractivity (Wildman–Crippen MR) is 118 cm³/mol. The largest absolute Gasteiger partial charge is 0.491 e. The van der Waals surface area contributed by atoms with Crippen LogP contribution in [-0.4, -0.2) is 32.8 Å². The normalized spacial score (nSPS) is 12.4. The van der Waals surface area contributed by atoms with Gasteiger partial charge in [0.25, 0.3) is 5.56 Å². The van der Waals surface area contributed by atoms with Crippen molar-refractivity contribution in [1.29, 1.82) is 0 Å². The van der Waals surface area contributed by atoms with Gasteiger partial charge in [-0.3, -0.25) is 4.79 Å². The molecule has 0 fully saturated rings. The first kappa shape index (κ1) is 20.8. The quantitative estimate of drug-likeness (QED) is 0.488. The summed E-state index contributed by atoms with van der Waals surface area (Å²) in [5, 5.41) is 19.6. The highest BCUT2D eigenvalue weighted by atomic mass is 16.5. The van der Waals surface area contributed by atoms with Gasteiger partial charge in [0.15, 0.2) is 5.52 Å². The molecular formula is C24H25N3O4. The van der Waals surface area contributed by atoms with E-state index in [-0.39, 0.29) is 18.7 Å². The smallest absolute Gasteiger partial charge is 0.296 e. The number of benzene rings is 2. The Morgan fingerprint density at radius 2 is 1.81 bits per heavy atom. The number of aliphatic hydroxyl groups is 1. The predicted octanol–water partition coefficient (Wildman–Crippen LogP) is 3.92. The van der Waals surface area contributed by atoms with Gasteiger partial charge in [-0.05, 0) is 24.5 Å². The van der Waals surface area contributed by atoms with Gasteiger partial charge in [-0.25, -0.2) is 4.68 Å². The van der Waals surface area contributed by atoms with Gasteiger partial charge in [0.2, 0.25) is 0 Å². The van der Waals surface area contributed by atoms with E-state index in [1.54, 1.807) is 6.92 Å². The van der Waals surface area contributed by atoms with Gasteiger partial charge in [-0.15, -0.1) is 0 Å². The molecule has 0 saturated heterocycles. The Hall–Kier alpha value is -3.45. The zero-order chi connectivity index (χ0) is 22.0. The summed E-state index contributed by atoms with van der Waals surface area (Å²) in [4.78, 5) is 12.9. The summed E-state index contributed by atoms with van der Waals surface area (Å²) in [5.74, 6) is 1.55. The topological polar surface area (TPSA) is 90.4 Å². The van der Waals surface area contributed by atoms with Crippen molar-refractivity contribution in [3.05, 3.63) is 76.3 Å². The first-order valence-electron chi connectivity index (χ1n) is 10.3. The molecule has 0 aliphatic heterocycles. The van der Waals surface area contributed by atoms with E-state index in [1.165, 1.54) is 4.68 Å². The third kappa shape index (κ3) is 4.22. The number of hydrogen-bond acceptors (Lipinski definition) is 6. The number of rotatable bonds is 7. The second kappa shape index (κ2) is 8.73. The fraction of sp³-hybridized carbons (Fsp3) is 0.292. The number of ether oxygens (including phenoxy) is 1. The lowest BCUT2D eigenvalue weighted by atomic mass is 10.0. The third-order valence-corrected chi connectivity index (χ3v) is 5.16. The molecule has 2 aromatic heterocycles. The minimum atomic E-state index is -0.931. The SMILES string of the molecule is Cc1onc2c(=O)n(CC(O)COc3ccccc3C(C)C)nc(-c3ccccc3)c12. The minimum Gasteiger partial charge on any atom is -0.491 e. The van der Waals surface area contributed by atoms with Crippen LogP contribution in [0.2, 0.25) is 0 Å². The maximum absolute atomic E-state index is 12.9. The highest BCUT2D eigenvalue weighted by Crippen LogP contribution is 2.27. The van der Waals surface area contributed by atoms with Crippen LogP contribution in [0, 0.1) is 6.92 Å². The Labute approximate surface area is 179 Å². The van der Waals surface area contributed by atoms with Crippen molar-refractivity contribution < 1.29 is 14.4 Å².